The average Bonchev–Trinajstić information content (AvgIpc) is 3.30. The monoisotopic (exact) mass is 391 g/mol. The third-order valence-electron chi connectivity index (χ3n) is 5.66. The molecule has 6 heteroatoms. The molecule has 0 bridgehead atoms. The van der Waals surface area contributed by atoms with E-state index in [2.05, 4.69) is 5.32 Å². The van der Waals surface area contributed by atoms with Crippen molar-refractivity contribution in [1.29, 1.82) is 0 Å². The van der Waals surface area contributed by atoms with Crippen LogP contribution in [0, 0.1) is 12.8 Å². The van der Waals surface area contributed by atoms with E-state index >= 15 is 0 Å². The Hall–Kier alpha value is -3.15. The van der Waals surface area contributed by atoms with Crippen LogP contribution in [-0.4, -0.2) is 30.8 Å². The number of aryl methyl sites for hydroxylation is 1. The third kappa shape index (κ3) is 3.75. The molecule has 29 heavy (non-hydrogen) atoms. The van der Waals surface area contributed by atoms with Gasteiger partial charge in [0.05, 0.1) is 5.92 Å². The SMILES string of the molecule is CCC(=O)N1CCc2cc(N3CC(C(=O)Nc4cccc(C)c4)CC3=O)ccc21. The summed E-state index contributed by atoms with van der Waals surface area (Å²) in [5.74, 6) is -0.447. The van der Waals surface area contributed by atoms with Crippen molar-refractivity contribution in [3.63, 3.8) is 0 Å². The summed E-state index contributed by atoms with van der Waals surface area (Å²) in [6, 6.07) is 13.4. The minimum Gasteiger partial charge on any atom is -0.326 e. The van der Waals surface area contributed by atoms with Crippen LogP contribution in [0.25, 0.3) is 0 Å². The van der Waals surface area contributed by atoms with E-state index in [4.69, 9.17) is 0 Å². The molecule has 2 aromatic rings. The zero-order valence-electron chi connectivity index (χ0n) is 16.8. The predicted octanol–water partition coefficient (Wildman–Crippen LogP) is 3.29. The molecule has 1 N–H and O–H groups in total. The standard InChI is InChI=1S/C23H25N3O3/c1-3-21(27)25-10-9-16-12-19(7-8-20(16)25)26-14-17(13-22(26)28)23(29)24-18-6-4-5-15(2)11-18/h4-8,11-12,17H,3,9-10,13-14H2,1-2H3,(H,24,29). The molecule has 0 radical (unpaired) electrons. The van der Waals surface area contributed by atoms with Gasteiger partial charge in [0.2, 0.25) is 17.7 Å². The van der Waals surface area contributed by atoms with Crippen molar-refractivity contribution in [3.8, 4) is 0 Å². The van der Waals surface area contributed by atoms with Crippen molar-refractivity contribution in [2.24, 2.45) is 5.92 Å². The van der Waals surface area contributed by atoms with Gasteiger partial charge in [-0.2, -0.15) is 0 Å². The van der Waals surface area contributed by atoms with Gasteiger partial charge in [-0.15, -0.1) is 0 Å². The number of hydrogen-bond acceptors (Lipinski definition) is 3. The van der Waals surface area contributed by atoms with Gasteiger partial charge in [-0.1, -0.05) is 19.1 Å². The summed E-state index contributed by atoms with van der Waals surface area (Å²) in [6.07, 6.45) is 1.47. The van der Waals surface area contributed by atoms with Crippen LogP contribution in [0.15, 0.2) is 42.5 Å². The summed E-state index contributed by atoms with van der Waals surface area (Å²) in [5, 5.41) is 2.92. The van der Waals surface area contributed by atoms with E-state index in [1.807, 2.05) is 61.2 Å². The van der Waals surface area contributed by atoms with Crippen LogP contribution < -0.4 is 15.1 Å². The van der Waals surface area contributed by atoms with Gasteiger partial charge in [-0.3, -0.25) is 14.4 Å². The molecule has 0 aliphatic carbocycles. The molecular weight excluding hydrogens is 366 g/mol. The summed E-state index contributed by atoms with van der Waals surface area (Å²) in [5.41, 5.74) is 4.62. The number of benzene rings is 2. The number of amides is 3. The summed E-state index contributed by atoms with van der Waals surface area (Å²) < 4.78 is 0. The van der Waals surface area contributed by atoms with E-state index in [9.17, 15) is 14.4 Å². The van der Waals surface area contributed by atoms with Gasteiger partial charge in [-0.25, -0.2) is 0 Å². The van der Waals surface area contributed by atoms with Crippen molar-refractivity contribution >= 4 is 34.8 Å². The first-order valence-electron chi connectivity index (χ1n) is 10.1. The highest BCUT2D eigenvalue weighted by atomic mass is 16.2. The maximum absolute atomic E-state index is 12.7. The lowest BCUT2D eigenvalue weighted by Crippen LogP contribution is -2.28. The molecule has 150 valence electrons. The van der Waals surface area contributed by atoms with Crippen molar-refractivity contribution in [3.05, 3.63) is 53.6 Å². The smallest absolute Gasteiger partial charge is 0.229 e. The Balaban J connectivity index is 1.47. The lowest BCUT2D eigenvalue weighted by atomic mass is 10.1. The second-order valence-corrected chi connectivity index (χ2v) is 7.73. The summed E-state index contributed by atoms with van der Waals surface area (Å²) in [4.78, 5) is 40.8. The first-order valence-corrected chi connectivity index (χ1v) is 10.1. The Morgan fingerprint density at radius 3 is 2.76 bits per heavy atom. The lowest BCUT2D eigenvalue weighted by molar-refractivity contribution is -0.122. The lowest BCUT2D eigenvalue weighted by Gasteiger charge is -2.20. The Morgan fingerprint density at radius 1 is 1.17 bits per heavy atom. The number of hydrogen-bond donors (Lipinski definition) is 1. The Bertz CT molecular complexity index is 985. The number of nitrogens with one attached hydrogen (secondary N) is 1. The second-order valence-electron chi connectivity index (χ2n) is 7.73. The molecule has 1 saturated heterocycles. The predicted molar refractivity (Wildman–Crippen MR) is 113 cm³/mol. The molecule has 3 amide bonds. The second kappa shape index (κ2) is 7.70. The zero-order chi connectivity index (χ0) is 20.5. The fraction of sp³-hybridized carbons (Fsp3) is 0.348. The molecule has 4 rings (SSSR count). The number of fused-ring (bicyclic) bond motifs is 1. The molecule has 0 saturated carbocycles. The normalized spacial score (nSPS) is 18.1. The van der Waals surface area contributed by atoms with Crippen molar-refractivity contribution in [2.45, 2.75) is 33.1 Å². The molecule has 0 aromatic heterocycles. The molecule has 2 aromatic carbocycles. The van der Waals surface area contributed by atoms with Crippen LogP contribution in [0.3, 0.4) is 0 Å². The Labute approximate surface area is 170 Å². The van der Waals surface area contributed by atoms with Gasteiger partial charge in [0, 0.05) is 43.0 Å². The van der Waals surface area contributed by atoms with Crippen molar-refractivity contribution in [2.75, 3.05) is 28.2 Å². The number of carbonyl (C=O) groups is 3. The summed E-state index contributed by atoms with van der Waals surface area (Å²) in [7, 11) is 0. The minimum absolute atomic E-state index is 0.0474. The topological polar surface area (TPSA) is 69.7 Å². The van der Waals surface area contributed by atoms with Gasteiger partial charge in [0.25, 0.3) is 0 Å². The van der Waals surface area contributed by atoms with E-state index in [-0.39, 0.29) is 30.1 Å². The fourth-order valence-electron chi connectivity index (χ4n) is 4.11. The molecule has 6 nitrogen and oxygen atoms in total. The summed E-state index contributed by atoms with van der Waals surface area (Å²) in [6.45, 7) is 4.88. The molecular formula is C23H25N3O3. The Kier molecular flexibility index (Phi) is 5.09. The average molecular weight is 391 g/mol. The van der Waals surface area contributed by atoms with Gasteiger partial charge in [0.1, 0.15) is 0 Å². The van der Waals surface area contributed by atoms with Crippen LogP contribution in [0.5, 0.6) is 0 Å². The van der Waals surface area contributed by atoms with Crippen LogP contribution >= 0.6 is 0 Å². The van der Waals surface area contributed by atoms with Gasteiger partial charge in [-0.05, 0) is 54.8 Å². The van der Waals surface area contributed by atoms with Gasteiger partial charge < -0.3 is 15.1 Å². The maximum Gasteiger partial charge on any atom is 0.229 e. The number of rotatable bonds is 4. The quantitative estimate of drug-likeness (QED) is 0.870. The van der Waals surface area contributed by atoms with E-state index in [1.165, 1.54) is 0 Å². The van der Waals surface area contributed by atoms with Crippen LogP contribution in [0.2, 0.25) is 0 Å². The maximum atomic E-state index is 12.7. The molecule has 2 heterocycles. The zero-order valence-corrected chi connectivity index (χ0v) is 16.8. The molecule has 2 aliphatic heterocycles. The molecule has 1 atom stereocenters. The van der Waals surface area contributed by atoms with Crippen LogP contribution in [0.1, 0.15) is 30.9 Å². The van der Waals surface area contributed by atoms with E-state index < -0.39 is 0 Å². The van der Waals surface area contributed by atoms with E-state index in [0.29, 0.717) is 19.5 Å². The summed E-state index contributed by atoms with van der Waals surface area (Å²) >= 11 is 0. The third-order valence-corrected chi connectivity index (χ3v) is 5.66. The molecule has 1 fully saturated rings. The van der Waals surface area contributed by atoms with Crippen LogP contribution in [0.4, 0.5) is 17.1 Å². The number of carbonyl (C=O) groups excluding carboxylic acids is 3. The van der Waals surface area contributed by atoms with Gasteiger partial charge >= 0.3 is 0 Å². The van der Waals surface area contributed by atoms with Crippen LogP contribution in [-0.2, 0) is 20.8 Å². The Morgan fingerprint density at radius 2 is 2.00 bits per heavy atom. The number of nitrogens with zero attached hydrogens (tertiary/aromatic N) is 2. The first kappa shape index (κ1) is 19.2. The first-order chi connectivity index (χ1) is 14.0. The molecule has 0 spiro atoms. The highest BCUT2D eigenvalue weighted by molar-refractivity contribution is 6.04. The van der Waals surface area contributed by atoms with Gasteiger partial charge in [0.15, 0.2) is 0 Å². The minimum atomic E-state index is -0.380. The fourth-order valence-corrected chi connectivity index (χ4v) is 4.11. The molecule has 1 unspecified atom stereocenters. The highest BCUT2D eigenvalue weighted by Crippen LogP contribution is 2.34. The highest BCUT2D eigenvalue weighted by Gasteiger charge is 2.36. The number of anilines is 3. The van der Waals surface area contributed by atoms with E-state index in [1.54, 1.807) is 4.90 Å². The van der Waals surface area contributed by atoms with Crippen molar-refractivity contribution < 1.29 is 14.4 Å². The van der Waals surface area contributed by atoms with E-state index in [0.717, 1.165) is 34.6 Å². The molecule has 2 aliphatic rings. The van der Waals surface area contributed by atoms with Crippen molar-refractivity contribution in [1.82, 2.24) is 0 Å². The largest absolute Gasteiger partial charge is 0.326 e.